The molecule has 1 aromatic carbocycles. The Bertz CT molecular complexity index is 1000. The predicted molar refractivity (Wildman–Crippen MR) is 103 cm³/mol. The predicted octanol–water partition coefficient (Wildman–Crippen LogP) is 2.89. The highest BCUT2D eigenvalue weighted by Crippen LogP contribution is 2.34. The first-order chi connectivity index (χ1) is 12.7. The summed E-state index contributed by atoms with van der Waals surface area (Å²) in [4.78, 5) is 17.3. The molecule has 1 aromatic heterocycles. The van der Waals surface area contributed by atoms with Crippen LogP contribution >= 0.6 is 31.9 Å². The van der Waals surface area contributed by atoms with Crippen LogP contribution in [-0.4, -0.2) is 44.0 Å². The van der Waals surface area contributed by atoms with Gasteiger partial charge in [0.15, 0.2) is 0 Å². The largest absolute Gasteiger partial charge is 0.468 e. The van der Waals surface area contributed by atoms with Crippen LogP contribution in [0.2, 0.25) is 0 Å². The Morgan fingerprint density at radius 3 is 2.70 bits per heavy atom. The number of benzene rings is 1. The molecule has 0 fully saturated rings. The first-order valence-corrected chi connectivity index (χ1v) is 10.7. The van der Waals surface area contributed by atoms with Gasteiger partial charge in [0.25, 0.3) is 0 Å². The van der Waals surface area contributed by atoms with Gasteiger partial charge in [-0.2, -0.15) is 4.31 Å². The van der Waals surface area contributed by atoms with Crippen molar-refractivity contribution in [1.29, 1.82) is 0 Å². The van der Waals surface area contributed by atoms with Gasteiger partial charge in [-0.05, 0) is 34.1 Å². The topological polar surface area (TPSA) is 79.8 Å². The van der Waals surface area contributed by atoms with E-state index in [0.717, 1.165) is 4.31 Å². The second-order valence-corrected chi connectivity index (χ2v) is 9.48. The van der Waals surface area contributed by atoms with Gasteiger partial charge in [0.1, 0.15) is 23.1 Å². The molecule has 2 aromatic rings. The molecule has 0 amide bonds. The lowest BCUT2D eigenvalue weighted by Crippen LogP contribution is -2.48. The van der Waals surface area contributed by atoms with Crippen LogP contribution in [0.3, 0.4) is 0 Å². The number of anilines is 1. The minimum Gasteiger partial charge on any atom is -0.468 e. The van der Waals surface area contributed by atoms with Crippen molar-refractivity contribution in [2.24, 2.45) is 0 Å². The van der Waals surface area contributed by atoms with Gasteiger partial charge in [-0.3, -0.25) is 4.79 Å². The number of sulfonamides is 1. The van der Waals surface area contributed by atoms with Crippen molar-refractivity contribution < 1.29 is 22.3 Å². The van der Waals surface area contributed by atoms with E-state index in [9.17, 15) is 17.6 Å². The molecule has 144 valence electrons. The molecule has 0 aliphatic carbocycles. The van der Waals surface area contributed by atoms with Gasteiger partial charge in [0, 0.05) is 27.3 Å². The quantitative estimate of drug-likeness (QED) is 0.574. The monoisotopic (exact) mass is 521 g/mol. The van der Waals surface area contributed by atoms with Crippen LogP contribution in [0.15, 0.2) is 44.3 Å². The fraction of sp³-hybridized carbons (Fsp3) is 0.250. The molecule has 0 spiro atoms. The summed E-state index contributed by atoms with van der Waals surface area (Å²) in [7, 11) is -2.69. The van der Waals surface area contributed by atoms with E-state index in [1.54, 1.807) is 6.07 Å². The Morgan fingerprint density at radius 1 is 1.30 bits per heavy atom. The summed E-state index contributed by atoms with van der Waals surface area (Å²) in [6.07, 6.45) is 1.45. The molecular formula is C16H14Br2FN3O4S. The SMILES string of the molecule is COC(=O)CN1CN(Cc2ccc(Br)cc2F)S(=O)(=O)c2cc(Br)cnc21. The summed E-state index contributed by atoms with van der Waals surface area (Å²) < 4.78 is 47.1. The maximum atomic E-state index is 14.2. The molecule has 0 bridgehead atoms. The Balaban J connectivity index is 2.03. The summed E-state index contributed by atoms with van der Waals surface area (Å²) >= 11 is 6.38. The fourth-order valence-corrected chi connectivity index (χ4v) is 5.02. The first kappa shape index (κ1) is 20.2. The van der Waals surface area contributed by atoms with E-state index < -0.39 is 21.8 Å². The molecule has 1 aliphatic rings. The number of nitrogens with zero attached hydrogens (tertiary/aromatic N) is 3. The van der Waals surface area contributed by atoms with Gasteiger partial charge in [0.2, 0.25) is 10.0 Å². The van der Waals surface area contributed by atoms with Crippen LogP contribution in [0.25, 0.3) is 0 Å². The lowest BCUT2D eigenvalue weighted by atomic mass is 10.2. The highest BCUT2D eigenvalue weighted by molar-refractivity contribution is 9.10. The van der Waals surface area contributed by atoms with Crippen LogP contribution in [0.4, 0.5) is 10.2 Å². The number of carbonyl (C=O) groups is 1. The van der Waals surface area contributed by atoms with Crippen molar-refractivity contribution in [1.82, 2.24) is 9.29 Å². The van der Waals surface area contributed by atoms with Gasteiger partial charge in [-0.1, -0.05) is 22.0 Å². The molecule has 27 heavy (non-hydrogen) atoms. The molecule has 3 rings (SSSR count). The van der Waals surface area contributed by atoms with Crippen LogP contribution in [0, 0.1) is 5.82 Å². The first-order valence-electron chi connectivity index (χ1n) is 7.63. The van der Waals surface area contributed by atoms with Crippen molar-refractivity contribution in [2.45, 2.75) is 11.4 Å². The zero-order valence-electron chi connectivity index (χ0n) is 14.0. The average Bonchev–Trinajstić information content (AvgIpc) is 2.61. The summed E-state index contributed by atoms with van der Waals surface area (Å²) in [5.41, 5.74) is 0.214. The van der Waals surface area contributed by atoms with Gasteiger partial charge in [-0.15, -0.1) is 0 Å². The van der Waals surface area contributed by atoms with Gasteiger partial charge < -0.3 is 9.64 Å². The van der Waals surface area contributed by atoms with Gasteiger partial charge in [0.05, 0.1) is 13.8 Å². The molecule has 2 heterocycles. The second kappa shape index (κ2) is 7.82. The molecule has 7 nitrogen and oxygen atoms in total. The number of fused-ring (bicyclic) bond motifs is 1. The zero-order chi connectivity index (χ0) is 19.8. The standard InChI is InChI=1S/C16H14Br2FN3O4S/c1-26-15(23)8-21-9-22(7-10-2-3-11(17)4-13(10)19)27(24,25)14-5-12(18)6-20-16(14)21/h2-6H,7-9H2,1H3. The molecule has 0 unspecified atom stereocenters. The lowest BCUT2D eigenvalue weighted by Gasteiger charge is -2.36. The molecule has 0 atom stereocenters. The third-order valence-electron chi connectivity index (χ3n) is 3.95. The van der Waals surface area contributed by atoms with E-state index >= 15 is 0 Å². The average molecular weight is 523 g/mol. The van der Waals surface area contributed by atoms with E-state index in [2.05, 4.69) is 41.6 Å². The Hall–Kier alpha value is -1.56. The van der Waals surface area contributed by atoms with Crippen molar-refractivity contribution in [2.75, 3.05) is 25.2 Å². The number of esters is 1. The number of ether oxygens (including phenoxy) is 1. The minimum atomic E-state index is -3.94. The number of hydrogen-bond acceptors (Lipinski definition) is 6. The third-order valence-corrected chi connectivity index (χ3v) is 6.66. The molecule has 0 saturated carbocycles. The van der Waals surface area contributed by atoms with E-state index in [-0.39, 0.29) is 36.0 Å². The normalized spacial score (nSPS) is 16.1. The Morgan fingerprint density at radius 2 is 2.04 bits per heavy atom. The highest BCUT2D eigenvalue weighted by Gasteiger charge is 2.37. The summed E-state index contributed by atoms with van der Waals surface area (Å²) in [5, 5.41) is 0. The Labute approximate surface area is 172 Å². The summed E-state index contributed by atoms with van der Waals surface area (Å²) in [5.74, 6) is -0.923. The summed E-state index contributed by atoms with van der Waals surface area (Å²) in [6, 6.07) is 5.82. The highest BCUT2D eigenvalue weighted by atomic mass is 79.9. The van der Waals surface area contributed by atoms with E-state index in [1.807, 2.05) is 0 Å². The van der Waals surface area contributed by atoms with Crippen molar-refractivity contribution in [3.63, 3.8) is 0 Å². The number of pyridine rings is 1. The fourth-order valence-electron chi connectivity index (χ4n) is 2.63. The van der Waals surface area contributed by atoms with Crippen molar-refractivity contribution >= 4 is 53.7 Å². The lowest BCUT2D eigenvalue weighted by molar-refractivity contribution is -0.139. The van der Waals surface area contributed by atoms with Crippen molar-refractivity contribution in [3.05, 3.63) is 50.8 Å². The van der Waals surface area contributed by atoms with E-state index in [1.165, 1.54) is 36.4 Å². The maximum absolute atomic E-state index is 14.2. The van der Waals surface area contributed by atoms with Gasteiger partial charge >= 0.3 is 5.97 Å². The maximum Gasteiger partial charge on any atom is 0.325 e. The molecule has 0 N–H and O–H groups in total. The second-order valence-electron chi connectivity index (χ2n) is 5.74. The smallest absolute Gasteiger partial charge is 0.325 e. The number of aromatic nitrogens is 1. The van der Waals surface area contributed by atoms with Crippen molar-refractivity contribution in [3.8, 4) is 0 Å². The third kappa shape index (κ3) is 4.15. The van der Waals surface area contributed by atoms with Crippen LogP contribution < -0.4 is 4.90 Å². The zero-order valence-corrected chi connectivity index (χ0v) is 18.0. The van der Waals surface area contributed by atoms with Crippen LogP contribution in [-0.2, 0) is 26.1 Å². The van der Waals surface area contributed by atoms with Crippen LogP contribution in [0.5, 0.6) is 0 Å². The number of methoxy groups -OCH3 is 1. The summed E-state index contributed by atoms with van der Waals surface area (Å²) in [6.45, 7) is -0.535. The molecular weight excluding hydrogens is 509 g/mol. The number of carbonyl (C=O) groups excluding carboxylic acids is 1. The Kier molecular flexibility index (Phi) is 5.84. The van der Waals surface area contributed by atoms with E-state index in [4.69, 9.17) is 0 Å². The molecule has 0 saturated heterocycles. The van der Waals surface area contributed by atoms with Gasteiger partial charge in [-0.25, -0.2) is 17.8 Å². The minimum absolute atomic E-state index is 0.0652. The van der Waals surface area contributed by atoms with E-state index in [0.29, 0.717) is 8.95 Å². The molecule has 0 radical (unpaired) electrons. The molecule has 11 heteroatoms. The van der Waals surface area contributed by atoms with Crippen LogP contribution in [0.1, 0.15) is 5.56 Å². The number of hydrogen-bond donors (Lipinski definition) is 0. The number of halogens is 3. The number of rotatable bonds is 4. The molecule has 1 aliphatic heterocycles.